The molecule has 5 heteroatoms. The van der Waals surface area contributed by atoms with Crippen LogP contribution in [-0.2, 0) is 4.79 Å². The molecule has 1 heterocycles. The van der Waals surface area contributed by atoms with Crippen LogP contribution >= 0.6 is 12.4 Å². The molecule has 1 saturated heterocycles. The molecule has 0 aromatic heterocycles. The van der Waals surface area contributed by atoms with Gasteiger partial charge in [0.05, 0.1) is 12.1 Å². The summed E-state index contributed by atoms with van der Waals surface area (Å²) < 4.78 is 0. The van der Waals surface area contributed by atoms with E-state index in [1.54, 1.807) is 0 Å². The van der Waals surface area contributed by atoms with Gasteiger partial charge in [0.25, 0.3) is 0 Å². The molecule has 0 spiro atoms. The Morgan fingerprint density at radius 2 is 1.50 bits per heavy atom. The van der Waals surface area contributed by atoms with Crippen LogP contribution < -0.4 is 5.73 Å². The Bertz CT molecular complexity index is 666. The lowest BCUT2D eigenvalue weighted by Gasteiger charge is -2.28. The Hall–Kier alpha value is -1.72. The summed E-state index contributed by atoms with van der Waals surface area (Å²) in [7, 11) is 0. The highest BCUT2D eigenvalue weighted by atomic mass is 35.5. The van der Waals surface area contributed by atoms with E-state index in [-0.39, 0.29) is 30.0 Å². The van der Waals surface area contributed by atoms with E-state index in [1.165, 1.54) is 5.06 Å². The van der Waals surface area contributed by atoms with Crippen molar-refractivity contribution in [2.75, 3.05) is 6.54 Å². The molecule has 4 atom stereocenters. The van der Waals surface area contributed by atoms with Gasteiger partial charge in [-0.05, 0) is 11.1 Å². The molecule has 2 aromatic carbocycles. The first kappa shape index (κ1) is 18.6. The standard InChI is InChI=1S/C19H22N2O2.ClH/c1-13-16(14-8-4-2-5-9-14)12-21(23)18(17(20)19(13)22)15-10-6-3-7-11-15;/h2-11,13,16-18,23H,12,20H2,1H3;1H/t13?,16-,17+,18-;/m1./s1. The van der Waals surface area contributed by atoms with E-state index in [4.69, 9.17) is 5.73 Å². The zero-order chi connectivity index (χ0) is 16.4. The minimum atomic E-state index is -0.744. The van der Waals surface area contributed by atoms with Crippen LogP contribution in [-0.4, -0.2) is 28.6 Å². The molecule has 1 aliphatic rings. The van der Waals surface area contributed by atoms with E-state index in [2.05, 4.69) is 0 Å². The summed E-state index contributed by atoms with van der Waals surface area (Å²) in [6.45, 7) is 2.28. The van der Waals surface area contributed by atoms with Crippen molar-refractivity contribution in [2.24, 2.45) is 11.7 Å². The minimum Gasteiger partial charge on any atom is -0.320 e. The third kappa shape index (κ3) is 3.52. The Kier molecular flexibility index (Phi) is 6.13. The molecule has 3 N–H and O–H groups in total. The monoisotopic (exact) mass is 346 g/mol. The summed E-state index contributed by atoms with van der Waals surface area (Å²) in [5.41, 5.74) is 8.13. The second-order valence-corrected chi connectivity index (χ2v) is 6.21. The molecular formula is C19H23ClN2O2. The first-order valence-corrected chi connectivity index (χ1v) is 7.94. The molecule has 0 saturated carbocycles. The number of Topliss-reactive ketones (excluding diaryl/α,β-unsaturated/α-hetero) is 1. The normalized spacial score (nSPS) is 28.0. The number of carbonyl (C=O) groups is 1. The van der Waals surface area contributed by atoms with Crippen LogP contribution in [0.15, 0.2) is 60.7 Å². The quantitative estimate of drug-likeness (QED) is 0.876. The highest BCUT2D eigenvalue weighted by Gasteiger charge is 2.41. The molecule has 0 bridgehead atoms. The lowest BCUT2D eigenvalue weighted by molar-refractivity contribution is -0.139. The van der Waals surface area contributed by atoms with E-state index >= 15 is 0 Å². The van der Waals surface area contributed by atoms with Crippen LogP contribution in [0.5, 0.6) is 0 Å². The number of nitrogens with two attached hydrogens (primary N) is 1. The fraction of sp³-hybridized carbons (Fsp3) is 0.316. The van der Waals surface area contributed by atoms with E-state index in [9.17, 15) is 10.0 Å². The molecule has 0 radical (unpaired) electrons. The third-order valence-corrected chi connectivity index (χ3v) is 4.79. The highest BCUT2D eigenvalue weighted by molar-refractivity contribution is 5.88. The molecule has 1 fully saturated rings. The Morgan fingerprint density at radius 1 is 1.00 bits per heavy atom. The summed E-state index contributed by atoms with van der Waals surface area (Å²) in [4.78, 5) is 12.8. The van der Waals surface area contributed by atoms with Crippen molar-refractivity contribution in [1.29, 1.82) is 0 Å². The van der Waals surface area contributed by atoms with E-state index in [0.29, 0.717) is 6.54 Å². The van der Waals surface area contributed by atoms with Gasteiger partial charge in [-0.2, -0.15) is 5.06 Å². The van der Waals surface area contributed by atoms with Gasteiger partial charge < -0.3 is 10.9 Å². The van der Waals surface area contributed by atoms with Crippen LogP contribution in [0.4, 0.5) is 0 Å². The predicted octanol–water partition coefficient (Wildman–Crippen LogP) is 3.17. The number of nitrogens with zero attached hydrogens (tertiary/aromatic N) is 1. The summed E-state index contributed by atoms with van der Waals surface area (Å²) in [6, 6.07) is 18.1. The number of benzene rings is 2. The zero-order valence-corrected chi connectivity index (χ0v) is 14.4. The average Bonchev–Trinajstić information content (AvgIpc) is 2.67. The molecule has 0 aliphatic carbocycles. The van der Waals surface area contributed by atoms with Gasteiger partial charge in [0.2, 0.25) is 0 Å². The number of carbonyl (C=O) groups excluding carboxylic acids is 1. The fourth-order valence-corrected chi connectivity index (χ4v) is 3.44. The lowest BCUT2D eigenvalue weighted by Crippen LogP contribution is -2.43. The van der Waals surface area contributed by atoms with Gasteiger partial charge in [-0.1, -0.05) is 67.6 Å². The van der Waals surface area contributed by atoms with Crippen LogP contribution in [0.25, 0.3) is 0 Å². The fourth-order valence-electron chi connectivity index (χ4n) is 3.44. The van der Waals surface area contributed by atoms with Crippen molar-refractivity contribution >= 4 is 18.2 Å². The SMILES string of the molecule is CC1C(=O)[C@@H](N)[C@@H](c2ccccc2)N(O)C[C@H]1c1ccccc1.Cl. The maximum absolute atomic E-state index is 12.8. The topological polar surface area (TPSA) is 66.6 Å². The number of hydroxylamine groups is 2. The molecule has 1 unspecified atom stereocenters. The Labute approximate surface area is 148 Å². The maximum Gasteiger partial charge on any atom is 0.155 e. The number of ketones is 1. The third-order valence-electron chi connectivity index (χ3n) is 4.79. The van der Waals surface area contributed by atoms with Gasteiger partial charge >= 0.3 is 0 Å². The Balaban J connectivity index is 0.00000208. The molecule has 128 valence electrons. The molecule has 24 heavy (non-hydrogen) atoms. The Morgan fingerprint density at radius 3 is 2.04 bits per heavy atom. The average molecular weight is 347 g/mol. The van der Waals surface area contributed by atoms with E-state index in [1.807, 2.05) is 67.6 Å². The minimum absolute atomic E-state index is 0. The number of hydrogen-bond acceptors (Lipinski definition) is 4. The lowest BCUT2D eigenvalue weighted by atomic mass is 9.83. The summed E-state index contributed by atoms with van der Waals surface area (Å²) in [5, 5.41) is 11.9. The van der Waals surface area contributed by atoms with Gasteiger partial charge in [-0.3, -0.25) is 4.79 Å². The molecule has 1 aliphatic heterocycles. The first-order valence-electron chi connectivity index (χ1n) is 7.94. The molecule has 2 aromatic rings. The second-order valence-electron chi connectivity index (χ2n) is 6.21. The maximum atomic E-state index is 12.8. The van der Waals surface area contributed by atoms with Gasteiger partial charge in [0.15, 0.2) is 5.78 Å². The van der Waals surface area contributed by atoms with Crippen LogP contribution in [0.2, 0.25) is 0 Å². The van der Waals surface area contributed by atoms with Crippen LogP contribution in [0.3, 0.4) is 0 Å². The number of hydrogen-bond donors (Lipinski definition) is 2. The summed E-state index contributed by atoms with van der Waals surface area (Å²) in [5.74, 6) is -0.325. The van der Waals surface area contributed by atoms with Crippen molar-refractivity contribution in [3.63, 3.8) is 0 Å². The second kappa shape index (κ2) is 7.90. The largest absolute Gasteiger partial charge is 0.320 e. The van der Waals surface area contributed by atoms with Crippen LogP contribution in [0, 0.1) is 5.92 Å². The van der Waals surface area contributed by atoms with Crippen LogP contribution in [0.1, 0.15) is 30.0 Å². The summed E-state index contributed by atoms with van der Waals surface area (Å²) >= 11 is 0. The van der Waals surface area contributed by atoms with Gasteiger partial charge in [0, 0.05) is 18.4 Å². The van der Waals surface area contributed by atoms with Crippen molar-refractivity contribution < 1.29 is 10.0 Å². The molecular weight excluding hydrogens is 324 g/mol. The summed E-state index contributed by atoms with van der Waals surface area (Å²) in [6.07, 6.45) is 0. The van der Waals surface area contributed by atoms with Crippen molar-refractivity contribution in [3.8, 4) is 0 Å². The zero-order valence-electron chi connectivity index (χ0n) is 13.6. The number of halogens is 1. The van der Waals surface area contributed by atoms with Gasteiger partial charge in [-0.25, -0.2) is 0 Å². The first-order chi connectivity index (χ1) is 11.1. The van der Waals surface area contributed by atoms with Gasteiger partial charge in [0.1, 0.15) is 0 Å². The van der Waals surface area contributed by atoms with Gasteiger partial charge in [-0.15, -0.1) is 12.4 Å². The predicted molar refractivity (Wildman–Crippen MR) is 96.3 cm³/mol. The van der Waals surface area contributed by atoms with E-state index < -0.39 is 12.1 Å². The van der Waals surface area contributed by atoms with Crippen molar-refractivity contribution in [1.82, 2.24) is 5.06 Å². The molecule has 0 amide bonds. The van der Waals surface area contributed by atoms with E-state index in [0.717, 1.165) is 11.1 Å². The molecule has 4 nitrogen and oxygen atoms in total. The van der Waals surface area contributed by atoms with Crippen molar-refractivity contribution in [3.05, 3.63) is 71.8 Å². The molecule has 3 rings (SSSR count). The van der Waals surface area contributed by atoms with Crippen molar-refractivity contribution in [2.45, 2.75) is 24.9 Å². The number of rotatable bonds is 2. The smallest absolute Gasteiger partial charge is 0.155 e. The highest BCUT2D eigenvalue weighted by Crippen LogP contribution is 2.35.